The summed E-state index contributed by atoms with van der Waals surface area (Å²) in [5.74, 6) is -0.113. The van der Waals surface area contributed by atoms with Crippen molar-refractivity contribution >= 4 is 5.97 Å². The molecule has 0 aliphatic heterocycles. The molecule has 1 aromatic rings. The Morgan fingerprint density at radius 2 is 1.62 bits per heavy atom. The van der Waals surface area contributed by atoms with Crippen LogP contribution < -0.4 is 0 Å². The predicted octanol–water partition coefficient (Wildman–Crippen LogP) is 5.26. The van der Waals surface area contributed by atoms with Gasteiger partial charge in [0.2, 0.25) is 0 Å². The maximum absolute atomic E-state index is 12.7. The van der Waals surface area contributed by atoms with Gasteiger partial charge in [-0.25, -0.2) is 0 Å². The van der Waals surface area contributed by atoms with Crippen molar-refractivity contribution < 1.29 is 9.53 Å². The third-order valence-electron chi connectivity index (χ3n) is 3.79. The molecule has 0 radical (unpaired) electrons. The minimum Gasteiger partial charge on any atom is -0.459 e. The number of unbranched alkanes of at least 4 members (excludes halogenated alkanes) is 3. The molecule has 1 unspecified atom stereocenters. The average Bonchev–Trinajstić information content (AvgIpc) is 2.42. The first-order valence-electron chi connectivity index (χ1n) is 8.08. The van der Waals surface area contributed by atoms with E-state index in [9.17, 15) is 4.79 Å². The lowest BCUT2D eigenvalue weighted by molar-refractivity contribution is -0.162. The number of ether oxygens (including phenoxy) is 1. The Labute approximate surface area is 129 Å². The van der Waals surface area contributed by atoms with Gasteiger partial charge in [0, 0.05) is 0 Å². The summed E-state index contributed by atoms with van der Waals surface area (Å²) in [6.07, 6.45) is 5.49. The Hall–Kier alpha value is -1.31. The molecular formula is C19H30O2. The highest BCUT2D eigenvalue weighted by molar-refractivity contribution is 5.83. The first kappa shape index (κ1) is 17.7. The van der Waals surface area contributed by atoms with Gasteiger partial charge >= 0.3 is 5.97 Å². The Bertz CT molecular complexity index is 431. The molecular weight excluding hydrogens is 260 g/mol. The van der Waals surface area contributed by atoms with Crippen LogP contribution in [0.2, 0.25) is 0 Å². The number of esters is 1. The van der Waals surface area contributed by atoms with Gasteiger partial charge in [0.05, 0.1) is 5.41 Å². The summed E-state index contributed by atoms with van der Waals surface area (Å²) in [4.78, 5) is 12.7. The Morgan fingerprint density at radius 3 is 2.14 bits per heavy atom. The summed E-state index contributed by atoms with van der Waals surface area (Å²) in [6.45, 7) is 9.99. The monoisotopic (exact) mass is 290 g/mol. The molecule has 0 saturated carbocycles. The molecule has 0 aliphatic rings. The van der Waals surface area contributed by atoms with Crippen molar-refractivity contribution in [3.05, 3.63) is 35.9 Å². The largest absolute Gasteiger partial charge is 0.459 e. The number of hydrogen-bond donors (Lipinski definition) is 0. The smallest absolute Gasteiger partial charge is 0.316 e. The molecule has 2 nitrogen and oxygen atoms in total. The Balaban J connectivity index is 2.91. The van der Waals surface area contributed by atoms with E-state index in [0.29, 0.717) is 0 Å². The molecule has 1 aromatic carbocycles. The molecule has 0 bridgehead atoms. The third kappa shape index (κ3) is 5.53. The van der Waals surface area contributed by atoms with Gasteiger partial charge < -0.3 is 4.74 Å². The zero-order valence-electron chi connectivity index (χ0n) is 14.2. The van der Waals surface area contributed by atoms with E-state index in [4.69, 9.17) is 4.74 Å². The third-order valence-corrected chi connectivity index (χ3v) is 3.79. The lowest BCUT2D eigenvalue weighted by Gasteiger charge is -2.32. The van der Waals surface area contributed by atoms with Crippen molar-refractivity contribution in [3.8, 4) is 0 Å². The van der Waals surface area contributed by atoms with Crippen molar-refractivity contribution in [3.63, 3.8) is 0 Å². The lowest BCUT2D eigenvalue weighted by atomic mass is 9.78. The second kappa shape index (κ2) is 7.63. The fraction of sp³-hybridized carbons (Fsp3) is 0.632. The molecule has 21 heavy (non-hydrogen) atoms. The number of rotatable bonds is 7. The van der Waals surface area contributed by atoms with Crippen LogP contribution in [0.3, 0.4) is 0 Å². The molecule has 0 aromatic heterocycles. The maximum Gasteiger partial charge on any atom is 0.316 e. The highest BCUT2D eigenvalue weighted by Gasteiger charge is 2.38. The number of carbonyl (C=O) groups excluding carboxylic acids is 1. The summed E-state index contributed by atoms with van der Waals surface area (Å²) < 4.78 is 5.68. The van der Waals surface area contributed by atoms with Gasteiger partial charge in [0.1, 0.15) is 5.60 Å². The minimum absolute atomic E-state index is 0.113. The molecule has 0 saturated heterocycles. The van der Waals surface area contributed by atoms with Gasteiger partial charge in [-0.1, -0.05) is 62.9 Å². The van der Waals surface area contributed by atoms with Crippen LogP contribution in [-0.2, 0) is 14.9 Å². The standard InChI is InChI=1S/C19H30O2/c1-6-7-8-12-15-19(5,16-13-10-9-11-14-16)17(20)21-18(2,3)4/h9-11,13-14H,6-8,12,15H2,1-5H3. The van der Waals surface area contributed by atoms with Crippen molar-refractivity contribution in [2.24, 2.45) is 0 Å². The molecule has 118 valence electrons. The zero-order chi connectivity index (χ0) is 15.9. The summed E-state index contributed by atoms with van der Waals surface area (Å²) in [6, 6.07) is 10.0. The molecule has 0 fully saturated rings. The van der Waals surface area contributed by atoms with Gasteiger partial charge in [-0.3, -0.25) is 4.79 Å². The average molecular weight is 290 g/mol. The van der Waals surface area contributed by atoms with Crippen molar-refractivity contribution in [2.45, 2.75) is 77.7 Å². The molecule has 2 heteroatoms. The van der Waals surface area contributed by atoms with Gasteiger partial charge in [0.15, 0.2) is 0 Å². The number of hydrogen-bond acceptors (Lipinski definition) is 2. The summed E-state index contributed by atoms with van der Waals surface area (Å²) >= 11 is 0. The minimum atomic E-state index is -0.553. The highest BCUT2D eigenvalue weighted by atomic mass is 16.6. The van der Waals surface area contributed by atoms with Gasteiger partial charge in [0.25, 0.3) is 0 Å². The number of benzene rings is 1. The van der Waals surface area contributed by atoms with Crippen LogP contribution in [0.1, 0.15) is 72.3 Å². The van der Waals surface area contributed by atoms with E-state index in [1.807, 2.05) is 58.0 Å². The summed E-state index contributed by atoms with van der Waals surface area (Å²) in [5, 5.41) is 0. The normalized spacial score (nSPS) is 14.5. The topological polar surface area (TPSA) is 26.3 Å². The molecule has 0 amide bonds. The molecule has 1 atom stereocenters. The van der Waals surface area contributed by atoms with Crippen molar-refractivity contribution in [2.75, 3.05) is 0 Å². The Morgan fingerprint density at radius 1 is 1.00 bits per heavy atom. The molecule has 0 spiro atoms. The van der Waals surface area contributed by atoms with Crippen LogP contribution in [0.5, 0.6) is 0 Å². The van der Waals surface area contributed by atoms with E-state index in [1.165, 1.54) is 19.3 Å². The van der Waals surface area contributed by atoms with Crippen LogP contribution in [0.4, 0.5) is 0 Å². The summed E-state index contributed by atoms with van der Waals surface area (Å²) in [7, 11) is 0. The van der Waals surface area contributed by atoms with E-state index < -0.39 is 11.0 Å². The van der Waals surface area contributed by atoms with E-state index in [-0.39, 0.29) is 5.97 Å². The van der Waals surface area contributed by atoms with E-state index in [2.05, 4.69) is 6.92 Å². The maximum atomic E-state index is 12.7. The van der Waals surface area contributed by atoms with Crippen LogP contribution in [0.25, 0.3) is 0 Å². The van der Waals surface area contributed by atoms with Crippen LogP contribution in [-0.4, -0.2) is 11.6 Å². The van der Waals surface area contributed by atoms with Crippen molar-refractivity contribution in [1.82, 2.24) is 0 Å². The second-order valence-electron chi connectivity index (χ2n) is 7.01. The van der Waals surface area contributed by atoms with Crippen LogP contribution in [0.15, 0.2) is 30.3 Å². The highest BCUT2D eigenvalue weighted by Crippen LogP contribution is 2.33. The van der Waals surface area contributed by atoms with Crippen LogP contribution in [0, 0.1) is 0 Å². The number of carbonyl (C=O) groups is 1. The van der Waals surface area contributed by atoms with Gasteiger partial charge in [-0.15, -0.1) is 0 Å². The second-order valence-corrected chi connectivity index (χ2v) is 7.01. The Kier molecular flexibility index (Phi) is 6.44. The van der Waals surface area contributed by atoms with E-state index >= 15 is 0 Å². The summed E-state index contributed by atoms with van der Waals surface area (Å²) in [5.41, 5.74) is 0.0505. The molecule has 1 rings (SSSR count). The SMILES string of the molecule is CCCCCCC(C)(C(=O)OC(C)(C)C)c1ccccc1. The van der Waals surface area contributed by atoms with Gasteiger partial charge in [-0.2, -0.15) is 0 Å². The zero-order valence-corrected chi connectivity index (χ0v) is 14.2. The van der Waals surface area contributed by atoms with Gasteiger partial charge in [-0.05, 0) is 39.7 Å². The first-order chi connectivity index (χ1) is 9.79. The molecule has 0 aliphatic carbocycles. The predicted molar refractivity (Wildman–Crippen MR) is 88.4 cm³/mol. The molecule has 0 N–H and O–H groups in total. The fourth-order valence-corrected chi connectivity index (χ4v) is 2.47. The van der Waals surface area contributed by atoms with E-state index in [0.717, 1.165) is 18.4 Å². The van der Waals surface area contributed by atoms with E-state index in [1.54, 1.807) is 0 Å². The quantitative estimate of drug-likeness (QED) is 0.506. The van der Waals surface area contributed by atoms with Crippen LogP contribution >= 0.6 is 0 Å². The lowest BCUT2D eigenvalue weighted by Crippen LogP contribution is -2.39. The van der Waals surface area contributed by atoms with Crippen molar-refractivity contribution in [1.29, 1.82) is 0 Å². The molecule has 0 heterocycles. The fourth-order valence-electron chi connectivity index (χ4n) is 2.47. The first-order valence-corrected chi connectivity index (χ1v) is 8.08.